The van der Waals surface area contributed by atoms with Crippen LogP contribution in [0.3, 0.4) is 0 Å². The predicted octanol–water partition coefficient (Wildman–Crippen LogP) is 4.11. The SMILES string of the molecule is CCCCOc1ccc(C(=O)c2c(C)c(C#N)c(=O)n(C(C)CC)c2O)cc1. The molecule has 0 aliphatic heterocycles. The molecule has 1 unspecified atom stereocenters. The lowest BCUT2D eigenvalue weighted by molar-refractivity contribution is 0.103. The van der Waals surface area contributed by atoms with E-state index in [2.05, 4.69) is 6.92 Å². The van der Waals surface area contributed by atoms with Crippen molar-refractivity contribution in [1.82, 2.24) is 4.57 Å². The summed E-state index contributed by atoms with van der Waals surface area (Å²) in [6.07, 6.45) is 2.54. The van der Waals surface area contributed by atoms with Crippen molar-refractivity contribution in [2.24, 2.45) is 0 Å². The summed E-state index contributed by atoms with van der Waals surface area (Å²) >= 11 is 0. The number of aromatic hydroxyl groups is 1. The quantitative estimate of drug-likeness (QED) is 0.548. The molecule has 28 heavy (non-hydrogen) atoms. The van der Waals surface area contributed by atoms with Crippen molar-refractivity contribution >= 4 is 5.78 Å². The highest BCUT2D eigenvalue weighted by atomic mass is 16.5. The number of ether oxygens (including phenoxy) is 1. The number of rotatable bonds is 8. The van der Waals surface area contributed by atoms with Crippen LogP contribution < -0.4 is 10.3 Å². The van der Waals surface area contributed by atoms with Gasteiger partial charge in [-0.25, -0.2) is 0 Å². The standard InChI is InChI=1S/C22H26N2O4/c1-5-7-12-28-17-10-8-16(9-11-17)20(25)19-15(4)18(13-23)21(26)24(22(19)27)14(3)6-2/h8-11,14,27H,5-7,12H2,1-4H3. The number of benzene rings is 1. The van der Waals surface area contributed by atoms with Crippen LogP contribution in [0.5, 0.6) is 11.6 Å². The van der Waals surface area contributed by atoms with Gasteiger partial charge in [0.15, 0.2) is 5.78 Å². The minimum Gasteiger partial charge on any atom is -0.494 e. The number of nitrogens with zero attached hydrogens (tertiary/aromatic N) is 2. The maximum absolute atomic E-state index is 13.1. The summed E-state index contributed by atoms with van der Waals surface area (Å²) in [4.78, 5) is 25.7. The van der Waals surface area contributed by atoms with Gasteiger partial charge in [0.25, 0.3) is 5.56 Å². The Bertz CT molecular complexity index is 952. The smallest absolute Gasteiger partial charge is 0.271 e. The summed E-state index contributed by atoms with van der Waals surface area (Å²) in [6.45, 7) is 7.81. The number of unbranched alkanes of at least 4 members (excludes halogenated alkanes) is 1. The molecule has 0 aliphatic carbocycles. The van der Waals surface area contributed by atoms with E-state index in [9.17, 15) is 20.0 Å². The van der Waals surface area contributed by atoms with Crippen molar-refractivity contribution in [2.45, 2.75) is 53.0 Å². The van der Waals surface area contributed by atoms with Crippen molar-refractivity contribution < 1.29 is 14.6 Å². The van der Waals surface area contributed by atoms with E-state index < -0.39 is 17.2 Å². The first-order chi connectivity index (χ1) is 13.4. The zero-order valence-electron chi connectivity index (χ0n) is 16.8. The molecule has 0 saturated carbocycles. The van der Waals surface area contributed by atoms with E-state index in [0.717, 1.165) is 17.4 Å². The highest BCUT2D eigenvalue weighted by Gasteiger charge is 2.26. The monoisotopic (exact) mass is 382 g/mol. The first-order valence-electron chi connectivity index (χ1n) is 9.52. The maximum atomic E-state index is 13.1. The first-order valence-corrected chi connectivity index (χ1v) is 9.52. The summed E-state index contributed by atoms with van der Waals surface area (Å²) in [6, 6.07) is 8.17. The van der Waals surface area contributed by atoms with Gasteiger partial charge in [-0.2, -0.15) is 5.26 Å². The van der Waals surface area contributed by atoms with Gasteiger partial charge in [-0.05, 0) is 56.5 Å². The van der Waals surface area contributed by atoms with Crippen LogP contribution in [0.15, 0.2) is 29.1 Å². The van der Waals surface area contributed by atoms with E-state index in [0.29, 0.717) is 24.3 Å². The molecule has 1 atom stereocenters. The lowest BCUT2D eigenvalue weighted by atomic mass is 9.96. The van der Waals surface area contributed by atoms with Crippen LogP contribution in [0, 0.1) is 18.3 Å². The van der Waals surface area contributed by atoms with E-state index in [1.165, 1.54) is 6.92 Å². The summed E-state index contributed by atoms with van der Waals surface area (Å²) in [5, 5.41) is 20.1. The summed E-state index contributed by atoms with van der Waals surface area (Å²) in [5.41, 5.74) is -0.183. The first kappa shape index (κ1) is 21.2. The second-order valence-electron chi connectivity index (χ2n) is 6.80. The minimum atomic E-state index is -0.580. The van der Waals surface area contributed by atoms with Gasteiger partial charge in [0.1, 0.15) is 17.4 Å². The average molecular weight is 382 g/mol. The molecule has 0 spiro atoms. The Balaban J connectivity index is 2.51. The van der Waals surface area contributed by atoms with Gasteiger partial charge in [-0.1, -0.05) is 20.3 Å². The number of carbonyl (C=O) groups excluding carboxylic acids is 1. The summed E-state index contributed by atoms with van der Waals surface area (Å²) < 4.78 is 6.73. The molecule has 1 aromatic heterocycles. The molecule has 1 N–H and O–H groups in total. The van der Waals surface area contributed by atoms with Crippen molar-refractivity contribution in [2.75, 3.05) is 6.61 Å². The van der Waals surface area contributed by atoms with Crippen LogP contribution >= 0.6 is 0 Å². The van der Waals surface area contributed by atoms with Gasteiger partial charge >= 0.3 is 0 Å². The van der Waals surface area contributed by atoms with E-state index in [1.54, 1.807) is 31.2 Å². The third-order valence-electron chi connectivity index (χ3n) is 4.89. The Hall–Kier alpha value is -3.07. The number of aromatic nitrogens is 1. The van der Waals surface area contributed by atoms with Gasteiger partial charge in [0.05, 0.1) is 12.2 Å². The fourth-order valence-corrected chi connectivity index (χ4v) is 2.97. The van der Waals surface area contributed by atoms with E-state index in [-0.39, 0.29) is 22.7 Å². The molecule has 1 heterocycles. The Morgan fingerprint density at radius 3 is 2.46 bits per heavy atom. The van der Waals surface area contributed by atoms with Crippen molar-refractivity contribution in [3.8, 4) is 17.7 Å². The molecular weight excluding hydrogens is 356 g/mol. The molecule has 148 valence electrons. The predicted molar refractivity (Wildman–Crippen MR) is 107 cm³/mol. The average Bonchev–Trinajstić information content (AvgIpc) is 2.68. The fourth-order valence-electron chi connectivity index (χ4n) is 2.97. The molecule has 0 amide bonds. The van der Waals surface area contributed by atoms with Gasteiger partial charge in [0, 0.05) is 11.6 Å². The Labute approximate surface area is 165 Å². The Morgan fingerprint density at radius 2 is 1.93 bits per heavy atom. The molecule has 6 heteroatoms. The molecule has 2 rings (SSSR count). The molecule has 6 nitrogen and oxygen atoms in total. The molecule has 0 fully saturated rings. The zero-order valence-corrected chi connectivity index (χ0v) is 16.8. The molecular formula is C22H26N2O4. The second-order valence-corrected chi connectivity index (χ2v) is 6.80. The largest absolute Gasteiger partial charge is 0.494 e. The zero-order chi connectivity index (χ0) is 20.8. The number of hydrogen-bond donors (Lipinski definition) is 1. The van der Waals surface area contributed by atoms with Gasteiger partial charge < -0.3 is 9.84 Å². The number of nitriles is 1. The summed E-state index contributed by atoms with van der Waals surface area (Å²) in [5.74, 6) is -0.180. The van der Waals surface area contributed by atoms with Crippen LogP contribution in [-0.2, 0) is 0 Å². The molecule has 0 saturated heterocycles. The normalized spacial score (nSPS) is 11.7. The third kappa shape index (κ3) is 4.09. The Morgan fingerprint density at radius 1 is 1.29 bits per heavy atom. The van der Waals surface area contributed by atoms with Crippen molar-refractivity contribution in [3.63, 3.8) is 0 Å². The second kappa shape index (κ2) is 9.23. The minimum absolute atomic E-state index is 0.0175. The Kier molecular flexibility index (Phi) is 7.00. The van der Waals surface area contributed by atoms with Crippen LogP contribution in [0.1, 0.15) is 73.1 Å². The van der Waals surface area contributed by atoms with E-state index in [4.69, 9.17) is 4.74 Å². The lowest BCUT2D eigenvalue weighted by Gasteiger charge is -2.19. The van der Waals surface area contributed by atoms with Gasteiger partial charge in [0.2, 0.25) is 5.88 Å². The highest BCUT2D eigenvalue weighted by Crippen LogP contribution is 2.28. The van der Waals surface area contributed by atoms with E-state index in [1.807, 2.05) is 13.0 Å². The molecule has 1 aromatic carbocycles. The number of hydrogen-bond acceptors (Lipinski definition) is 5. The topological polar surface area (TPSA) is 92.3 Å². The van der Waals surface area contributed by atoms with Crippen molar-refractivity contribution in [3.05, 3.63) is 56.9 Å². The van der Waals surface area contributed by atoms with Crippen molar-refractivity contribution in [1.29, 1.82) is 5.26 Å². The summed E-state index contributed by atoms with van der Waals surface area (Å²) in [7, 11) is 0. The number of carbonyl (C=O) groups is 1. The van der Waals surface area contributed by atoms with Gasteiger partial charge in [-0.3, -0.25) is 14.2 Å². The van der Waals surface area contributed by atoms with Crippen LogP contribution in [0.25, 0.3) is 0 Å². The molecule has 2 aromatic rings. The molecule has 0 radical (unpaired) electrons. The van der Waals surface area contributed by atoms with Crippen LogP contribution in [0.2, 0.25) is 0 Å². The van der Waals surface area contributed by atoms with Crippen LogP contribution in [0.4, 0.5) is 0 Å². The number of ketones is 1. The highest BCUT2D eigenvalue weighted by molar-refractivity contribution is 6.11. The molecule has 0 bridgehead atoms. The van der Waals surface area contributed by atoms with E-state index >= 15 is 0 Å². The van der Waals surface area contributed by atoms with Gasteiger partial charge in [-0.15, -0.1) is 0 Å². The lowest BCUT2D eigenvalue weighted by Crippen LogP contribution is -2.28. The maximum Gasteiger partial charge on any atom is 0.271 e. The van der Waals surface area contributed by atoms with Crippen LogP contribution in [-0.4, -0.2) is 22.1 Å². The number of pyridine rings is 1. The molecule has 0 aliphatic rings. The fraction of sp³-hybridized carbons (Fsp3) is 0.409. The third-order valence-corrected chi connectivity index (χ3v) is 4.89.